The largest absolute Gasteiger partial charge is 0.439 e. The summed E-state index contributed by atoms with van der Waals surface area (Å²) in [5, 5.41) is 3.29. The second-order valence-corrected chi connectivity index (χ2v) is 4.33. The molecule has 0 fully saturated rings. The fraction of sp³-hybridized carbons (Fsp3) is 0.308. The molecule has 18 heavy (non-hydrogen) atoms. The Hall–Kier alpha value is -1.39. The molecule has 2 aromatic rings. The van der Waals surface area contributed by atoms with Crippen molar-refractivity contribution in [1.82, 2.24) is 10.3 Å². The zero-order valence-electron chi connectivity index (χ0n) is 10.0. The molecule has 1 aromatic heterocycles. The summed E-state index contributed by atoms with van der Waals surface area (Å²) in [6, 6.07) is 4.55. The van der Waals surface area contributed by atoms with E-state index in [9.17, 15) is 4.39 Å². The highest BCUT2D eigenvalue weighted by Crippen LogP contribution is 2.24. The number of nitrogens with zero attached hydrogens (tertiary/aromatic N) is 1. The lowest BCUT2D eigenvalue weighted by molar-refractivity contribution is 0.477. The number of aromatic nitrogens is 1. The van der Waals surface area contributed by atoms with Crippen LogP contribution in [0.25, 0.3) is 11.3 Å². The summed E-state index contributed by atoms with van der Waals surface area (Å²) in [6.45, 7) is 3.57. The Balaban J connectivity index is 2.11. The molecule has 1 aromatic carbocycles. The van der Waals surface area contributed by atoms with Gasteiger partial charge in [0.05, 0.1) is 17.8 Å². The summed E-state index contributed by atoms with van der Waals surface area (Å²) in [7, 11) is 0. The average molecular weight is 269 g/mol. The van der Waals surface area contributed by atoms with Gasteiger partial charge in [-0.1, -0.05) is 18.5 Å². The Kier molecular flexibility index (Phi) is 4.33. The highest BCUT2D eigenvalue weighted by Gasteiger charge is 2.08. The van der Waals surface area contributed by atoms with Crippen molar-refractivity contribution in [2.75, 3.05) is 6.54 Å². The summed E-state index contributed by atoms with van der Waals surface area (Å²) in [5.74, 6) is 0.670. The van der Waals surface area contributed by atoms with Crippen LogP contribution in [0, 0.1) is 5.82 Å². The van der Waals surface area contributed by atoms with Crippen LogP contribution in [0.15, 0.2) is 28.8 Å². The number of halogens is 2. The van der Waals surface area contributed by atoms with Crippen LogP contribution in [-0.4, -0.2) is 11.5 Å². The Labute approximate surface area is 110 Å². The van der Waals surface area contributed by atoms with Gasteiger partial charge >= 0.3 is 0 Å². The molecule has 0 atom stereocenters. The molecule has 0 bridgehead atoms. The van der Waals surface area contributed by atoms with E-state index in [2.05, 4.69) is 17.2 Å². The van der Waals surface area contributed by atoms with Crippen molar-refractivity contribution in [3.8, 4) is 11.3 Å². The van der Waals surface area contributed by atoms with Crippen LogP contribution in [0.5, 0.6) is 0 Å². The SMILES string of the molecule is CCCNCc1ncc(-c2ccc(Cl)c(F)c2)o1. The van der Waals surface area contributed by atoms with Crippen molar-refractivity contribution in [3.05, 3.63) is 41.1 Å². The Morgan fingerprint density at radius 3 is 3.00 bits per heavy atom. The van der Waals surface area contributed by atoms with Crippen molar-refractivity contribution in [2.45, 2.75) is 19.9 Å². The van der Waals surface area contributed by atoms with Crippen LogP contribution in [0.1, 0.15) is 19.2 Å². The molecule has 0 spiro atoms. The maximum absolute atomic E-state index is 13.3. The van der Waals surface area contributed by atoms with Crippen LogP contribution in [0.2, 0.25) is 5.02 Å². The predicted molar refractivity (Wildman–Crippen MR) is 68.9 cm³/mol. The van der Waals surface area contributed by atoms with Crippen LogP contribution in [-0.2, 0) is 6.54 Å². The van der Waals surface area contributed by atoms with Gasteiger partial charge in [0.2, 0.25) is 5.89 Å². The second kappa shape index (κ2) is 5.98. The van der Waals surface area contributed by atoms with Gasteiger partial charge in [-0.05, 0) is 31.2 Å². The van der Waals surface area contributed by atoms with Crippen LogP contribution >= 0.6 is 11.6 Å². The lowest BCUT2D eigenvalue weighted by atomic mass is 10.2. The summed E-state index contributed by atoms with van der Waals surface area (Å²) in [5.41, 5.74) is 0.631. The van der Waals surface area contributed by atoms with E-state index in [0.717, 1.165) is 13.0 Å². The van der Waals surface area contributed by atoms with Gasteiger partial charge in [-0.2, -0.15) is 0 Å². The molecular weight excluding hydrogens is 255 g/mol. The van der Waals surface area contributed by atoms with E-state index in [1.807, 2.05) is 0 Å². The fourth-order valence-corrected chi connectivity index (χ4v) is 1.66. The zero-order valence-corrected chi connectivity index (χ0v) is 10.8. The minimum Gasteiger partial charge on any atom is -0.439 e. The minimum absolute atomic E-state index is 0.100. The maximum Gasteiger partial charge on any atom is 0.208 e. The van der Waals surface area contributed by atoms with Gasteiger partial charge in [-0.3, -0.25) is 0 Å². The molecule has 0 aliphatic heterocycles. The third kappa shape index (κ3) is 3.09. The summed E-state index contributed by atoms with van der Waals surface area (Å²) < 4.78 is 18.8. The van der Waals surface area contributed by atoms with E-state index < -0.39 is 5.82 Å². The van der Waals surface area contributed by atoms with Gasteiger partial charge in [0.1, 0.15) is 5.82 Å². The van der Waals surface area contributed by atoms with Gasteiger partial charge in [0, 0.05) is 5.56 Å². The normalized spacial score (nSPS) is 10.8. The molecule has 0 unspecified atom stereocenters. The minimum atomic E-state index is -0.462. The molecule has 3 nitrogen and oxygen atoms in total. The van der Waals surface area contributed by atoms with Crippen LogP contribution < -0.4 is 5.32 Å². The van der Waals surface area contributed by atoms with Gasteiger partial charge in [0.25, 0.3) is 0 Å². The Morgan fingerprint density at radius 1 is 1.44 bits per heavy atom. The van der Waals surface area contributed by atoms with E-state index in [0.29, 0.717) is 23.8 Å². The van der Waals surface area contributed by atoms with Crippen molar-refractivity contribution >= 4 is 11.6 Å². The highest BCUT2D eigenvalue weighted by atomic mass is 35.5. The first-order valence-corrected chi connectivity index (χ1v) is 6.19. The molecule has 0 aliphatic rings. The van der Waals surface area contributed by atoms with E-state index in [4.69, 9.17) is 16.0 Å². The van der Waals surface area contributed by atoms with E-state index >= 15 is 0 Å². The lowest BCUT2D eigenvalue weighted by Crippen LogP contribution is -2.13. The number of hydrogen-bond donors (Lipinski definition) is 1. The standard InChI is InChI=1S/C13H14ClFN2O/c1-2-5-16-8-13-17-7-12(18-13)9-3-4-10(14)11(15)6-9/h3-4,6-7,16H,2,5,8H2,1H3. The molecule has 0 amide bonds. The summed E-state index contributed by atoms with van der Waals surface area (Å²) in [6.07, 6.45) is 2.64. The Bertz CT molecular complexity index is 527. The molecule has 0 aliphatic carbocycles. The van der Waals surface area contributed by atoms with E-state index in [-0.39, 0.29) is 5.02 Å². The first kappa shape index (κ1) is 13.1. The molecule has 1 N–H and O–H groups in total. The second-order valence-electron chi connectivity index (χ2n) is 3.92. The number of oxazole rings is 1. The summed E-state index contributed by atoms with van der Waals surface area (Å²) in [4.78, 5) is 4.13. The van der Waals surface area contributed by atoms with Crippen LogP contribution in [0.3, 0.4) is 0 Å². The topological polar surface area (TPSA) is 38.1 Å². The van der Waals surface area contributed by atoms with E-state index in [1.54, 1.807) is 12.3 Å². The molecule has 2 rings (SSSR count). The molecular formula is C13H14ClFN2O. The molecule has 1 heterocycles. The van der Waals surface area contributed by atoms with Crippen LogP contribution in [0.4, 0.5) is 4.39 Å². The maximum atomic E-state index is 13.3. The predicted octanol–water partition coefficient (Wildman–Crippen LogP) is 3.63. The average Bonchev–Trinajstić information content (AvgIpc) is 2.82. The number of nitrogens with one attached hydrogen (secondary N) is 1. The highest BCUT2D eigenvalue weighted by molar-refractivity contribution is 6.30. The fourth-order valence-electron chi connectivity index (χ4n) is 1.55. The van der Waals surface area contributed by atoms with Gasteiger partial charge in [-0.15, -0.1) is 0 Å². The van der Waals surface area contributed by atoms with Gasteiger partial charge in [0.15, 0.2) is 5.76 Å². The van der Waals surface area contributed by atoms with Crippen molar-refractivity contribution in [1.29, 1.82) is 0 Å². The quantitative estimate of drug-likeness (QED) is 0.842. The van der Waals surface area contributed by atoms with Crippen molar-refractivity contribution < 1.29 is 8.81 Å². The molecule has 0 saturated heterocycles. The molecule has 0 saturated carbocycles. The van der Waals surface area contributed by atoms with E-state index in [1.165, 1.54) is 12.1 Å². The lowest BCUT2D eigenvalue weighted by Gasteiger charge is -1.99. The first-order chi connectivity index (χ1) is 8.70. The Morgan fingerprint density at radius 2 is 2.28 bits per heavy atom. The monoisotopic (exact) mass is 268 g/mol. The zero-order chi connectivity index (χ0) is 13.0. The molecule has 96 valence electrons. The third-order valence-electron chi connectivity index (χ3n) is 2.46. The van der Waals surface area contributed by atoms with Gasteiger partial charge < -0.3 is 9.73 Å². The number of rotatable bonds is 5. The number of hydrogen-bond acceptors (Lipinski definition) is 3. The van der Waals surface area contributed by atoms with Crippen molar-refractivity contribution in [3.63, 3.8) is 0 Å². The van der Waals surface area contributed by atoms with Crippen molar-refractivity contribution in [2.24, 2.45) is 0 Å². The first-order valence-electron chi connectivity index (χ1n) is 5.81. The van der Waals surface area contributed by atoms with Gasteiger partial charge in [-0.25, -0.2) is 9.37 Å². The molecule has 5 heteroatoms. The number of benzene rings is 1. The smallest absolute Gasteiger partial charge is 0.208 e. The molecule has 0 radical (unpaired) electrons. The third-order valence-corrected chi connectivity index (χ3v) is 2.77. The summed E-state index contributed by atoms with van der Waals surface area (Å²) >= 11 is 5.63.